The molecule has 6 nitrogen and oxygen atoms in total. The summed E-state index contributed by atoms with van der Waals surface area (Å²) in [7, 11) is 0. The minimum Gasteiger partial charge on any atom is -0.466 e. The van der Waals surface area contributed by atoms with E-state index < -0.39 is 12.1 Å². The highest BCUT2D eigenvalue weighted by Crippen LogP contribution is 2.16. The first-order valence-corrected chi connectivity index (χ1v) is 28.3. The molecule has 0 heterocycles. The van der Waals surface area contributed by atoms with Gasteiger partial charge in [-0.3, -0.25) is 9.59 Å². The molecule has 376 valence electrons. The Balaban J connectivity index is 3.44. The first-order chi connectivity index (χ1) is 31.5. The number of rotatable bonds is 52. The first-order valence-electron chi connectivity index (χ1n) is 28.3. The predicted octanol–water partition coefficient (Wildman–Crippen LogP) is 17.2. The van der Waals surface area contributed by atoms with E-state index in [1.807, 2.05) is 6.08 Å². The van der Waals surface area contributed by atoms with E-state index in [2.05, 4.69) is 43.5 Å². The Morgan fingerprint density at radius 2 is 0.781 bits per heavy atom. The maximum Gasteiger partial charge on any atom is 0.305 e. The maximum absolute atomic E-state index is 12.4. The molecule has 0 aliphatic rings. The normalized spacial score (nSPS) is 12.9. The summed E-state index contributed by atoms with van der Waals surface area (Å²) in [5.74, 6) is -0.0814. The van der Waals surface area contributed by atoms with Crippen molar-refractivity contribution in [3.05, 3.63) is 36.5 Å². The molecule has 0 rings (SSSR count). The van der Waals surface area contributed by atoms with Crippen LogP contribution in [-0.4, -0.2) is 47.4 Å². The molecule has 0 aliphatic carbocycles. The summed E-state index contributed by atoms with van der Waals surface area (Å²) in [5, 5.41) is 23.0. The van der Waals surface area contributed by atoms with E-state index in [1.54, 1.807) is 6.08 Å². The molecule has 0 bridgehead atoms. The lowest BCUT2D eigenvalue weighted by Crippen LogP contribution is -2.45. The minimum atomic E-state index is -0.850. The van der Waals surface area contributed by atoms with Crippen LogP contribution in [0.25, 0.3) is 0 Å². The molecule has 1 amide bonds. The molecule has 0 radical (unpaired) electrons. The fourth-order valence-corrected chi connectivity index (χ4v) is 8.55. The second kappa shape index (κ2) is 53.7. The Morgan fingerprint density at radius 3 is 1.22 bits per heavy atom. The highest BCUT2D eigenvalue weighted by Gasteiger charge is 2.18. The van der Waals surface area contributed by atoms with Crippen molar-refractivity contribution in [2.45, 2.75) is 309 Å². The minimum absolute atomic E-state index is 0.00451. The number of ether oxygens (including phenoxy) is 1. The summed E-state index contributed by atoms with van der Waals surface area (Å²) < 4.78 is 5.48. The Bertz CT molecular complexity index is 1040. The Kier molecular flexibility index (Phi) is 52.1. The number of carbonyl (C=O) groups excluding carboxylic acids is 2. The van der Waals surface area contributed by atoms with Gasteiger partial charge in [-0.05, 0) is 64.2 Å². The van der Waals surface area contributed by atoms with Crippen LogP contribution in [0.15, 0.2) is 36.5 Å². The van der Waals surface area contributed by atoms with E-state index in [1.165, 1.54) is 205 Å². The van der Waals surface area contributed by atoms with Gasteiger partial charge in [0.2, 0.25) is 5.91 Å². The van der Waals surface area contributed by atoms with E-state index in [0.29, 0.717) is 19.4 Å². The van der Waals surface area contributed by atoms with Crippen molar-refractivity contribution in [3.63, 3.8) is 0 Å². The molecule has 0 saturated heterocycles. The van der Waals surface area contributed by atoms with Crippen LogP contribution in [-0.2, 0) is 14.3 Å². The second-order valence-electron chi connectivity index (χ2n) is 19.3. The van der Waals surface area contributed by atoms with Gasteiger partial charge in [-0.25, -0.2) is 0 Å². The van der Waals surface area contributed by atoms with E-state index in [4.69, 9.17) is 4.74 Å². The fraction of sp³-hybridized carbons (Fsp3) is 0.862. The number of aliphatic hydroxyl groups is 2. The van der Waals surface area contributed by atoms with Gasteiger partial charge < -0.3 is 20.3 Å². The first kappa shape index (κ1) is 62.1. The molecule has 0 aromatic carbocycles. The molecule has 3 N–H and O–H groups in total. The number of nitrogens with one attached hydrogen (secondary N) is 1. The molecule has 0 aliphatic heterocycles. The molecule has 64 heavy (non-hydrogen) atoms. The van der Waals surface area contributed by atoms with E-state index in [0.717, 1.165) is 64.2 Å². The molecular weight excluding hydrogens is 791 g/mol. The zero-order chi connectivity index (χ0) is 46.5. The summed E-state index contributed by atoms with van der Waals surface area (Å²) in [6.07, 6.45) is 65.8. The molecule has 6 heteroatoms. The van der Waals surface area contributed by atoms with Gasteiger partial charge in [0.05, 0.1) is 25.4 Å². The van der Waals surface area contributed by atoms with E-state index in [-0.39, 0.29) is 18.5 Å². The van der Waals surface area contributed by atoms with Crippen molar-refractivity contribution < 1.29 is 24.5 Å². The monoisotopic (exact) mass is 900 g/mol. The van der Waals surface area contributed by atoms with Gasteiger partial charge in [-0.15, -0.1) is 0 Å². The topological polar surface area (TPSA) is 95.9 Å². The van der Waals surface area contributed by atoms with Crippen molar-refractivity contribution >= 4 is 11.9 Å². The zero-order valence-corrected chi connectivity index (χ0v) is 42.8. The third-order valence-corrected chi connectivity index (χ3v) is 12.9. The third kappa shape index (κ3) is 49.5. The number of hydrogen-bond acceptors (Lipinski definition) is 5. The summed E-state index contributed by atoms with van der Waals surface area (Å²) in [6, 6.07) is -0.634. The van der Waals surface area contributed by atoms with Crippen LogP contribution in [0.2, 0.25) is 0 Å². The van der Waals surface area contributed by atoms with Crippen LogP contribution in [0.3, 0.4) is 0 Å². The Morgan fingerprint density at radius 1 is 0.438 bits per heavy atom. The van der Waals surface area contributed by atoms with Crippen molar-refractivity contribution in [2.24, 2.45) is 0 Å². The van der Waals surface area contributed by atoms with Gasteiger partial charge in [0.25, 0.3) is 0 Å². The smallest absolute Gasteiger partial charge is 0.305 e. The largest absolute Gasteiger partial charge is 0.466 e. The second-order valence-corrected chi connectivity index (χ2v) is 19.3. The van der Waals surface area contributed by atoms with Crippen molar-refractivity contribution in [1.29, 1.82) is 0 Å². The van der Waals surface area contributed by atoms with Gasteiger partial charge in [0, 0.05) is 12.8 Å². The van der Waals surface area contributed by atoms with E-state index in [9.17, 15) is 19.8 Å². The number of allylic oxidation sites excluding steroid dienone is 5. The molecule has 0 spiro atoms. The molecule has 0 saturated carbocycles. The summed E-state index contributed by atoms with van der Waals surface area (Å²) in [6.45, 7) is 4.86. The standard InChI is InChI=1S/C58H109NO5/c1-3-5-7-9-11-13-15-17-18-19-20-21-24-28-32-36-40-44-48-52-58(63)64-53-49-45-41-37-33-29-25-22-23-27-31-35-39-43-47-51-57(62)59-55(54-60)56(61)50-46-42-38-34-30-26-16-14-12-10-8-6-4-2/h11,13,17-18,46,50,55-56,60-61H,3-10,12,14-16,19-45,47-49,51-54H2,1-2H3,(H,59,62)/b13-11-,18-17-,50-46+. The highest BCUT2D eigenvalue weighted by molar-refractivity contribution is 5.76. The summed E-state index contributed by atoms with van der Waals surface area (Å²) in [4.78, 5) is 24.5. The van der Waals surface area contributed by atoms with Crippen LogP contribution in [0.5, 0.6) is 0 Å². The van der Waals surface area contributed by atoms with Crippen LogP contribution in [0.1, 0.15) is 296 Å². The maximum atomic E-state index is 12.4. The number of amides is 1. The number of unbranched alkanes of at least 4 members (excludes halogenated alkanes) is 37. The van der Waals surface area contributed by atoms with Crippen LogP contribution < -0.4 is 5.32 Å². The van der Waals surface area contributed by atoms with Crippen LogP contribution >= 0.6 is 0 Å². The molecule has 2 unspecified atom stereocenters. The number of aliphatic hydroxyl groups excluding tert-OH is 2. The van der Waals surface area contributed by atoms with E-state index >= 15 is 0 Å². The van der Waals surface area contributed by atoms with Crippen LogP contribution in [0.4, 0.5) is 0 Å². The lowest BCUT2D eigenvalue weighted by atomic mass is 10.0. The molecule has 0 aromatic heterocycles. The number of esters is 1. The lowest BCUT2D eigenvalue weighted by molar-refractivity contribution is -0.143. The van der Waals surface area contributed by atoms with Crippen molar-refractivity contribution in [2.75, 3.05) is 13.2 Å². The average Bonchev–Trinajstić information content (AvgIpc) is 3.29. The SMILES string of the molecule is CCCCC/C=C\C/C=C\CCCCCCCCCCCC(=O)OCCCCCCCCCCCCCCCCCC(=O)NC(CO)C(O)/C=C/CCCCCCCCCCCCC. The van der Waals surface area contributed by atoms with Gasteiger partial charge in [-0.1, -0.05) is 256 Å². The lowest BCUT2D eigenvalue weighted by Gasteiger charge is -2.20. The van der Waals surface area contributed by atoms with Gasteiger partial charge in [0.1, 0.15) is 0 Å². The quantitative estimate of drug-likeness (QED) is 0.0321. The van der Waals surface area contributed by atoms with Crippen LogP contribution in [0, 0.1) is 0 Å². The molecule has 2 atom stereocenters. The summed E-state index contributed by atoms with van der Waals surface area (Å²) >= 11 is 0. The van der Waals surface area contributed by atoms with Gasteiger partial charge >= 0.3 is 5.97 Å². The Labute approximate surface area is 398 Å². The third-order valence-electron chi connectivity index (χ3n) is 12.9. The van der Waals surface area contributed by atoms with Gasteiger partial charge in [0.15, 0.2) is 0 Å². The fourth-order valence-electron chi connectivity index (χ4n) is 8.55. The highest BCUT2D eigenvalue weighted by atomic mass is 16.5. The molecule has 0 fully saturated rings. The van der Waals surface area contributed by atoms with Crippen molar-refractivity contribution in [1.82, 2.24) is 5.32 Å². The molecular formula is C58H109NO5. The van der Waals surface area contributed by atoms with Gasteiger partial charge in [-0.2, -0.15) is 0 Å². The predicted molar refractivity (Wildman–Crippen MR) is 278 cm³/mol. The van der Waals surface area contributed by atoms with Crippen molar-refractivity contribution in [3.8, 4) is 0 Å². The zero-order valence-electron chi connectivity index (χ0n) is 42.8. The Hall–Kier alpha value is -1.92. The number of carbonyl (C=O) groups is 2. The average molecular weight is 901 g/mol. The number of hydrogen-bond donors (Lipinski definition) is 3. The summed E-state index contributed by atoms with van der Waals surface area (Å²) in [5.41, 5.74) is 0. The molecule has 0 aromatic rings.